The van der Waals surface area contributed by atoms with Crippen molar-refractivity contribution in [3.8, 4) is 0 Å². The largest absolute Gasteiger partial charge is 0.450 e. The van der Waals surface area contributed by atoms with Gasteiger partial charge < -0.3 is 9.64 Å². The van der Waals surface area contributed by atoms with Gasteiger partial charge in [-0.15, -0.1) is 0 Å². The molecule has 15 heavy (non-hydrogen) atoms. The fraction of sp³-hybridized carbons (Fsp3) is 0.583. The SMILES string of the molecule is C=CC=C(C)C(CC)N(C)C(=O)OCC. The van der Waals surface area contributed by atoms with Gasteiger partial charge in [0.15, 0.2) is 0 Å². The summed E-state index contributed by atoms with van der Waals surface area (Å²) in [4.78, 5) is 13.1. The molecule has 0 aromatic heterocycles. The molecule has 0 fully saturated rings. The van der Waals surface area contributed by atoms with Crippen LogP contribution in [-0.2, 0) is 4.74 Å². The van der Waals surface area contributed by atoms with Gasteiger partial charge in [0.25, 0.3) is 0 Å². The number of allylic oxidation sites excluding steroid dienone is 2. The smallest absolute Gasteiger partial charge is 0.409 e. The van der Waals surface area contributed by atoms with Gasteiger partial charge >= 0.3 is 6.09 Å². The fourth-order valence-electron chi connectivity index (χ4n) is 1.55. The van der Waals surface area contributed by atoms with E-state index >= 15 is 0 Å². The molecule has 86 valence electrons. The molecule has 0 N–H and O–H groups in total. The monoisotopic (exact) mass is 211 g/mol. The molecular weight excluding hydrogens is 190 g/mol. The van der Waals surface area contributed by atoms with Crippen molar-refractivity contribution in [3.63, 3.8) is 0 Å². The van der Waals surface area contributed by atoms with Gasteiger partial charge in [-0.2, -0.15) is 0 Å². The lowest BCUT2D eigenvalue weighted by Gasteiger charge is -2.27. The van der Waals surface area contributed by atoms with Gasteiger partial charge in [-0.25, -0.2) is 4.79 Å². The van der Waals surface area contributed by atoms with Gasteiger partial charge in [-0.1, -0.05) is 31.2 Å². The van der Waals surface area contributed by atoms with E-state index in [2.05, 4.69) is 6.58 Å². The molecule has 0 radical (unpaired) electrons. The first-order valence-corrected chi connectivity index (χ1v) is 5.27. The summed E-state index contributed by atoms with van der Waals surface area (Å²) in [5.41, 5.74) is 1.11. The minimum Gasteiger partial charge on any atom is -0.450 e. The average Bonchev–Trinajstić information content (AvgIpc) is 2.19. The second-order valence-electron chi connectivity index (χ2n) is 3.38. The molecular formula is C12H21NO2. The van der Waals surface area contributed by atoms with Gasteiger partial charge in [0, 0.05) is 7.05 Å². The number of rotatable bonds is 5. The Morgan fingerprint density at radius 2 is 2.13 bits per heavy atom. The van der Waals surface area contributed by atoms with Crippen molar-refractivity contribution < 1.29 is 9.53 Å². The van der Waals surface area contributed by atoms with Gasteiger partial charge in [0.05, 0.1) is 12.6 Å². The highest BCUT2D eigenvalue weighted by molar-refractivity contribution is 5.68. The molecule has 0 aromatic rings. The first kappa shape index (κ1) is 13.8. The molecule has 1 unspecified atom stereocenters. The Balaban J connectivity index is 4.59. The zero-order valence-corrected chi connectivity index (χ0v) is 10.1. The minimum atomic E-state index is -0.277. The summed E-state index contributed by atoms with van der Waals surface area (Å²) < 4.78 is 4.95. The number of nitrogens with zero attached hydrogens (tertiary/aromatic N) is 1. The van der Waals surface area contributed by atoms with E-state index in [9.17, 15) is 4.79 Å². The summed E-state index contributed by atoms with van der Waals surface area (Å²) in [6, 6.07) is 0.0852. The number of carbonyl (C=O) groups excluding carboxylic acids is 1. The van der Waals surface area contributed by atoms with E-state index in [0.29, 0.717) is 6.61 Å². The topological polar surface area (TPSA) is 29.5 Å². The first-order chi connectivity index (χ1) is 7.08. The average molecular weight is 211 g/mol. The molecule has 0 aromatic carbocycles. The van der Waals surface area contributed by atoms with Crippen LogP contribution >= 0.6 is 0 Å². The van der Waals surface area contributed by atoms with Crippen LogP contribution in [0.4, 0.5) is 4.79 Å². The molecule has 0 saturated carbocycles. The number of hydrogen-bond donors (Lipinski definition) is 0. The Labute approximate surface area is 92.4 Å². The maximum absolute atomic E-state index is 11.5. The number of carbonyl (C=O) groups is 1. The Hall–Kier alpha value is -1.25. The maximum atomic E-state index is 11.5. The predicted molar refractivity (Wildman–Crippen MR) is 62.8 cm³/mol. The first-order valence-electron chi connectivity index (χ1n) is 5.27. The molecule has 0 aliphatic carbocycles. The molecule has 1 atom stereocenters. The lowest BCUT2D eigenvalue weighted by Crippen LogP contribution is -2.37. The summed E-state index contributed by atoms with van der Waals surface area (Å²) in [5.74, 6) is 0. The van der Waals surface area contributed by atoms with E-state index in [4.69, 9.17) is 4.74 Å². The van der Waals surface area contributed by atoms with E-state index in [1.54, 1.807) is 24.9 Å². The van der Waals surface area contributed by atoms with E-state index in [-0.39, 0.29) is 12.1 Å². The standard InChI is InChI=1S/C12H21NO2/c1-6-9-10(4)11(7-2)13(5)12(14)15-8-3/h6,9,11H,1,7-8H2,2-5H3. The van der Waals surface area contributed by atoms with Gasteiger partial charge in [0.2, 0.25) is 0 Å². The van der Waals surface area contributed by atoms with Gasteiger partial charge in [0.1, 0.15) is 0 Å². The molecule has 0 heterocycles. The third-order valence-electron chi connectivity index (χ3n) is 2.32. The van der Waals surface area contributed by atoms with Crippen molar-refractivity contribution >= 4 is 6.09 Å². The summed E-state index contributed by atoms with van der Waals surface area (Å²) >= 11 is 0. The van der Waals surface area contributed by atoms with Crippen molar-refractivity contribution in [2.24, 2.45) is 0 Å². The lowest BCUT2D eigenvalue weighted by atomic mass is 10.1. The summed E-state index contributed by atoms with van der Waals surface area (Å²) in [7, 11) is 1.76. The van der Waals surface area contributed by atoms with Crippen molar-refractivity contribution in [1.82, 2.24) is 4.90 Å². The molecule has 0 saturated heterocycles. The minimum absolute atomic E-state index is 0.0852. The molecule has 0 rings (SSSR count). The van der Waals surface area contributed by atoms with Crippen LogP contribution in [0.2, 0.25) is 0 Å². The van der Waals surface area contributed by atoms with Crippen LogP contribution < -0.4 is 0 Å². The zero-order valence-electron chi connectivity index (χ0n) is 10.1. The highest BCUT2D eigenvalue weighted by Gasteiger charge is 2.19. The van der Waals surface area contributed by atoms with Crippen molar-refractivity contribution in [1.29, 1.82) is 0 Å². The predicted octanol–water partition coefficient (Wildman–Crippen LogP) is 2.99. The van der Waals surface area contributed by atoms with Crippen LogP contribution in [0.15, 0.2) is 24.3 Å². The Kier molecular flexibility index (Phi) is 6.50. The van der Waals surface area contributed by atoms with Crippen LogP contribution in [0.5, 0.6) is 0 Å². The van der Waals surface area contributed by atoms with Gasteiger partial charge in [-0.05, 0) is 20.3 Å². The van der Waals surface area contributed by atoms with E-state index < -0.39 is 0 Å². The molecule has 0 spiro atoms. The van der Waals surface area contributed by atoms with E-state index in [0.717, 1.165) is 12.0 Å². The Morgan fingerprint density at radius 3 is 2.53 bits per heavy atom. The molecule has 1 amide bonds. The third kappa shape index (κ3) is 4.19. The number of hydrogen-bond acceptors (Lipinski definition) is 2. The molecule has 3 heteroatoms. The molecule has 0 aliphatic rings. The Bertz CT molecular complexity index is 246. The van der Waals surface area contributed by atoms with Crippen molar-refractivity contribution in [2.45, 2.75) is 33.2 Å². The fourth-order valence-corrected chi connectivity index (χ4v) is 1.55. The maximum Gasteiger partial charge on any atom is 0.409 e. The summed E-state index contributed by atoms with van der Waals surface area (Å²) in [5, 5.41) is 0. The highest BCUT2D eigenvalue weighted by atomic mass is 16.6. The van der Waals surface area contributed by atoms with Crippen molar-refractivity contribution in [3.05, 3.63) is 24.3 Å². The second kappa shape index (κ2) is 7.10. The summed E-state index contributed by atoms with van der Waals surface area (Å²) in [6.45, 7) is 9.89. The van der Waals surface area contributed by atoms with E-state index in [1.165, 1.54) is 0 Å². The number of likely N-dealkylation sites (N-methyl/N-ethyl adjacent to an activating group) is 1. The Morgan fingerprint density at radius 1 is 1.53 bits per heavy atom. The van der Waals surface area contributed by atoms with E-state index in [1.807, 2.05) is 19.9 Å². The molecule has 0 bridgehead atoms. The highest BCUT2D eigenvalue weighted by Crippen LogP contribution is 2.13. The van der Waals surface area contributed by atoms with Crippen LogP contribution in [0.25, 0.3) is 0 Å². The summed E-state index contributed by atoms with van der Waals surface area (Å²) in [6.07, 6.45) is 4.24. The quantitative estimate of drug-likeness (QED) is 0.654. The zero-order chi connectivity index (χ0) is 11.8. The second-order valence-corrected chi connectivity index (χ2v) is 3.38. The normalized spacial score (nSPS) is 13.2. The van der Waals surface area contributed by atoms with Gasteiger partial charge in [-0.3, -0.25) is 0 Å². The van der Waals surface area contributed by atoms with Crippen LogP contribution in [0.1, 0.15) is 27.2 Å². The molecule has 0 aliphatic heterocycles. The number of ether oxygens (including phenoxy) is 1. The van der Waals surface area contributed by atoms with Crippen LogP contribution in [0.3, 0.4) is 0 Å². The third-order valence-corrected chi connectivity index (χ3v) is 2.32. The molecule has 3 nitrogen and oxygen atoms in total. The number of amides is 1. The lowest BCUT2D eigenvalue weighted by molar-refractivity contribution is 0.106. The van der Waals surface area contributed by atoms with Crippen LogP contribution in [0, 0.1) is 0 Å². The van der Waals surface area contributed by atoms with Crippen LogP contribution in [-0.4, -0.2) is 30.7 Å². The van der Waals surface area contributed by atoms with Crippen molar-refractivity contribution in [2.75, 3.05) is 13.7 Å².